The minimum atomic E-state index is 0.153. The fourth-order valence-corrected chi connectivity index (χ4v) is 3.52. The van der Waals surface area contributed by atoms with Crippen LogP contribution in [0.1, 0.15) is 25.0 Å². The number of anilines is 1. The summed E-state index contributed by atoms with van der Waals surface area (Å²) in [5.74, 6) is 2.81. The van der Waals surface area contributed by atoms with E-state index < -0.39 is 0 Å². The zero-order valence-electron chi connectivity index (χ0n) is 18.3. The number of methoxy groups -OCH3 is 2. The molecule has 1 aliphatic rings. The predicted octanol–water partition coefficient (Wildman–Crippen LogP) is 3.28. The van der Waals surface area contributed by atoms with Crippen molar-refractivity contribution in [3.8, 4) is 17.2 Å². The van der Waals surface area contributed by atoms with Crippen LogP contribution in [0.3, 0.4) is 0 Å². The van der Waals surface area contributed by atoms with Crippen LogP contribution in [-0.2, 0) is 13.0 Å². The SMILES string of the molecule is COc1cc2c(cc1OC)CN(CCN=C(N)Nc1ccc(OC(C)C)cc1)CC2. The first-order chi connectivity index (χ1) is 14.5. The zero-order chi connectivity index (χ0) is 21.5. The van der Waals surface area contributed by atoms with Gasteiger partial charge in [0.2, 0.25) is 0 Å². The molecule has 0 amide bonds. The van der Waals surface area contributed by atoms with Gasteiger partial charge in [0, 0.05) is 25.3 Å². The van der Waals surface area contributed by atoms with Crippen LogP contribution in [0.25, 0.3) is 0 Å². The second-order valence-corrected chi connectivity index (χ2v) is 7.58. The van der Waals surface area contributed by atoms with E-state index in [-0.39, 0.29) is 6.10 Å². The lowest BCUT2D eigenvalue weighted by Crippen LogP contribution is -2.33. The molecular weight excluding hydrogens is 380 g/mol. The van der Waals surface area contributed by atoms with Gasteiger partial charge < -0.3 is 25.3 Å². The van der Waals surface area contributed by atoms with Crippen LogP contribution >= 0.6 is 0 Å². The summed E-state index contributed by atoms with van der Waals surface area (Å²) in [5, 5.41) is 3.13. The predicted molar refractivity (Wildman–Crippen MR) is 121 cm³/mol. The lowest BCUT2D eigenvalue weighted by Gasteiger charge is -2.29. The van der Waals surface area contributed by atoms with Gasteiger partial charge in [-0.15, -0.1) is 0 Å². The van der Waals surface area contributed by atoms with E-state index in [2.05, 4.69) is 27.3 Å². The molecule has 7 heteroatoms. The monoisotopic (exact) mass is 412 g/mol. The quantitative estimate of drug-likeness (QED) is 0.512. The van der Waals surface area contributed by atoms with Gasteiger partial charge in [-0.25, -0.2) is 0 Å². The molecule has 0 atom stereocenters. The Morgan fingerprint density at radius 3 is 2.40 bits per heavy atom. The third-order valence-electron chi connectivity index (χ3n) is 4.99. The molecule has 1 aliphatic heterocycles. The number of rotatable bonds is 8. The van der Waals surface area contributed by atoms with Crippen LogP contribution in [0.5, 0.6) is 17.2 Å². The van der Waals surface area contributed by atoms with Gasteiger partial charge in [-0.3, -0.25) is 9.89 Å². The molecule has 30 heavy (non-hydrogen) atoms. The van der Waals surface area contributed by atoms with Crippen LogP contribution in [0.15, 0.2) is 41.4 Å². The Kier molecular flexibility index (Phi) is 7.41. The van der Waals surface area contributed by atoms with E-state index in [0.717, 1.165) is 49.0 Å². The number of nitrogens with two attached hydrogens (primary N) is 1. The highest BCUT2D eigenvalue weighted by Crippen LogP contribution is 2.33. The van der Waals surface area contributed by atoms with Crippen molar-refractivity contribution in [1.29, 1.82) is 0 Å². The highest BCUT2D eigenvalue weighted by atomic mass is 16.5. The number of aliphatic imine (C=N–C) groups is 1. The van der Waals surface area contributed by atoms with E-state index in [9.17, 15) is 0 Å². The largest absolute Gasteiger partial charge is 0.493 e. The van der Waals surface area contributed by atoms with Crippen molar-refractivity contribution in [3.63, 3.8) is 0 Å². The van der Waals surface area contributed by atoms with E-state index in [1.807, 2.05) is 38.1 Å². The molecule has 0 radical (unpaired) electrons. The molecule has 2 aromatic carbocycles. The van der Waals surface area contributed by atoms with Crippen molar-refractivity contribution in [3.05, 3.63) is 47.5 Å². The first-order valence-corrected chi connectivity index (χ1v) is 10.3. The molecule has 0 spiro atoms. The Balaban J connectivity index is 1.50. The Morgan fingerprint density at radius 1 is 1.10 bits per heavy atom. The second kappa shape index (κ2) is 10.2. The maximum absolute atomic E-state index is 6.05. The van der Waals surface area contributed by atoms with Crippen LogP contribution < -0.4 is 25.3 Å². The summed E-state index contributed by atoms with van der Waals surface area (Å²) in [7, 11) is 3.34. The van der Waals surface area contributed by atoms with Crippen LogP contribution in [0, 0.1) is 0 Å². The highest BCUT2D eigenvalue weighted by Gasteiger charge is 2.19. The molecule has 162 valence electrons. The van der Waals surface area contributed by atoms with Gasteiger partial charge in [0.25, 0.3) is 0 Å². The van der Waals surface area contributed by atoms with E-state index in [0.29, 0.717) is 12.5 Å². The van der Waals surface area contributed by atoms with Crippen molar-refractivity contribution >= 4 is 11.6 Å². The number of guanidine groups is 1. The number of nitrogens with zero attached hydrogens (tertiary/aromatic N) is 2. The molecule has 0 aromatic heterocycles. The number of hydrogen-bond acceptors (Lipinski definition) is 5. The van der Waals surface area contributed by atoms with Crippen molar-refractivity contribution in [1.82, 2.24) is 4.90 Å². The Labute approximate surface area is 178 Å². The summed E-state index contributed by atoms with van der Waals surface area (Å²) in [6.45, 7) is 7.35. The minimum Gasteiger partial charge on any atom is -0.493 e. The molecule has 0 saturated carbocycles. The molecule has 3 N–H and O–H groups in total. The molecule has 0 fully saturated rings. The molecule has 7 nitrogen and oxygen atoms in total. The van der Waals surface area contributed by atoms with E-state index >= 15 is 0 Å². The normalized spacial score (nSPS) is 14.4. The molecule has 0 unspecified atom stereocenters. The van der Waals surface area contributed by atoms with Gasteiger partial charge in [-0.2, -0.15) is 0 Å². The summed E-state index contributed by atoms with van der Waals surface area (Å²) >= 11 is 0. The zero-order valence-corrected chi connectivity index (χ0v) is 18.3. The van der Waals surface area contributed by atoms with Crippen molar-refractivity contribution in [2.24, 2.45) is 10.7 Å². The molecular formula is C23H32N4O3. The van der Waals surface area contributed by atoms with Gasteiger partial charge in [-0.05, 0) is 67.8 Å². The third kappa shape index (κ3) is 5.79. The summed E-state index contributed by atoms with van der Waals surface area (Å²) in [5.41, 5.74) is 9.53. The summed E-state index contributed by atoms with van der Waals surface area (Å²) in [6, 6.07) is 11.9. The topological polar surface area (TPSA) is 81.3 Å². The number of nitrogens with one attached hydrogen (secondary N) is 1. The Morgan fingerprint density at radius 2 is 1.77 bits per heavy atom. The standard InChI is InChI=1S/C23H32N4O3/c1-16(2)30-20-7-5-19(6-8-20)26-23(24)25-10-12-27-11-9-17-13-21(28-3)22(29-4)14-18(17)15-27/h5-8,13-14,16H,9-12,15H2,1-4H3,(H3,24,25,26). The number of hydrogen-bond donors (Lipinski definition) is 2. The molecule has 3 rings (SSSR count). The van der Waals surface area contributed by atoms with Crippen LogP contribution in [0.2, 0.25) is 0 Å². The molecule has 0 bridgehead atoms. The van der Waals surface area contributed by atoms with Gasteiger partial charge in [0.15, 0.2) is 17.5 Å². The van der Waals surface area contributed by atoms with Gasteiger partial charge >= 0.3 is 0 Å². The molecule has 1 heterocycles. The van der Waals surface area contributed by atoms with Crippen LogP contribution in [0.4, 0.5) is 5.69 Å². The average Bonchev–Trinajstić information content (AvgIpc) is 2.73. The lowest BCUT2D eigenvalue weighted by molar-refractivity contribution is 0.242. The lowest BCUT2D eigenvalue weighted by atomic mass is 9.99. The second-order valence-electron chi connectivity index (χ2n) is 7.58. The molecule has 0 saturated heterocycles. The average molecular weight is 413 g/mol. The summed E-state index contributed by atoms with van der Waals surface area (Å²) < 4.78 is 16.5. The van der Waals surface area contributed by atoms with E-state index in [4.69, 9.17) is 19.9 Å². The highest BCUT2D eigenvalue weighted by molar-refractivity contribution is 5.92. The fourth-order valence-electron chi connectivity index (χ4n) is 3.52. The number of ether oxygens (including phenoxy) is 3. The number of fused-ring (bicyclic) bond motifs is 1. The first-order valence-electron chi connectivity index (χ1n) is 10.3. The number of benzene rings is 2. The van der Waals surface area contributed by atoms with Gasteiger partial charge in [-0.1, -0.05) is 0 Å². The summed E-state index contributed by atoms with van der Waals surface area (Å²) in [6.07, 6.45) is 1.14. The van der Waals surface area contributed by atoms with Crippen molar-refractivity contribution in [2.75, 3.05) is 39.2 Å². The Bertz CT molecular complexity index is 865. The van der Waals surface area contributed by atoms with E-state index in [1.165, 1.54) is 11.1 Å². The van der Waals surface area contributed by atoms with Crippen molar-refractivity contribution in [2.45, 2.75) is 32.9 Å². The minimum absolute atomic E-state index is 0.153. The van der Waals surface area contributed by atoms with E-state index in [1.54, 1.807) is 14.2 Å². The van der Waals surface area contributed by atoms with Gasteiger partial charge in [0.1, 0.15) is 5.75 Å². The first kappa shape index (κ1) is 21.8. The third-order valence-corrected chi connectivity index (χ3v) is 4.99. The Hall–Kier alpha value is -2.93. The maximum atomic E-state index is 6.05. The van der Waals surface area contributed by atoms with Crippen molar-refractivity contribution < 1.29 is 14.2 Å². The van der Waals surface area contributed by atoms with Crippen LogP contribution in [-0.4, -0.2) is 50.8 Å². The summed E-state index contributed by atoms with van der Waals surface area (Å²) in [4.78, 5) is 6.85. The smallest absolute Gasteiger partial charge is 0.193 e. The van der Waals surface area contributed by atoms with Gasteiger partial charge in [0.05, 0.1) is 26.9 Å². The fraction of sp³-hybridized carbons (Fsp3) is 0.435. The maximum Gasteiger partial charge on any atom is 0.193 e. The molecule has 0 aliphatic carbocycles. The molecule has 2 aromatic rings.